The van der Waals surface area contributed by atoms with Gasteiger partial charge in [-0.3, -0.25) is 9.36 Å². The first-order valence-electron chi connectivity index (χ1n) is 8.54. The molecule has 1 aromatic carbocycles. The van der Waals surface area contributed by atoms with Crippen LogP contribution in [-0.2, 0) is 13.1 Å². The van der Waals surface area contributed by atoms with Gasteiger partial charge < -0.3 is 9.88 Å². The fourth-order valence-electron chi connectivity index (χ4n) is 2.71. The van der Waals surface area contributed by atoms with Crippen molar-refractivity contribution in [3.63, 3.8) is 0 Å². The lowest BCUT2D eigenvalue weighted by Gasteiger charge is -2.08. The molecule has 0 aliphatic heterocycles. The van der Waals surface area contributed by atoms with E-state index in [1.54, 1.807) is 54.1 Å². The van der Waals surface area contributed by atoms with E-state index in [0.717, 1.165) is 17.9 Å². The Morgan fingerprint density at radius 3 is 2.37 bits per heavy atom. The van der Waals surface area contributed by atoms with Crippen LogP contribution in [0.15, 0.2) is 80.0 Å². The summed E-state index contributed by atoms with van der Waals surface area (Å²) in [6, 6.07) is 11.7. The lowest BCUT2D eigenvalue weighted by Crippen LogP contribution is -2.23. The van der Waals surface area contributed by atoms with E-state index in [4.69, 9.17) is 0 Å². The number of rotatable bonds is 6. The molecular weight excluding hydrogens is 340 g/mol. The number of benzene rings is 1. The molecule has 7 nitrogen and oxygen atoms in total. The molecule has 0 atom stereocenters. The average Bonchev–Trinajstić information content (AvgIpc) is 3.42. The highest BCUT2D eigenvalue weighted by Gasteiger charge is 2.07. The fourth-order valence-corrected chi connectivity index (χ4v) is 2.71. The highest BCUT2D eigenvalue weighted by molar-refractivity contribution is 5.93. The van der Waals surface area contributed by atoms with Crippen LogP contribution in [0.25, 0.3) is 5.82 Å². The molecule has 0 unspecified atom stereocenters. The van der Waals surface area contributed by atoms with Gasteiger partial charge in [-0.2, -0.15) is 0 Å². The third-order valence-electron chi connectivity index (χ3n) is 4.18. The van der Waals surface area contributed by atoms with Crippen LogP contribution in [0.3, 0.4) is 0 Å². The van der Waals surface area contributed by atoms with Gasteiger partial charge in [0.1, 0.15) is 12.1 Å². The summed E-state index contributed by atoms with van der Waals surface area (Å²) in [5.41, 5.74) is 2.75. The Morgan fingerprint density at radius 2 is 1.70 bits per heavy atom. The van der Waals surface area contributed by atoms with Crippen LogP contribution < -0.4 is 5.32 Å². The van der Waals surface area contributed by atoms with Gasteiger partial charge in [-0.15, -0.1) is 0 Å². The van der Waals surface area contributed by atoms with Crippen molar-refractivity contribution in [1.82, 2.24) is 29.4 Å². The lowest BCUT2D eigenvalue weighted by molar-refractivity contribution is 0.0950. The van der Waals surface area contributed by atoms with Crippen molar-refractivity contribution in [2.75, 3.05) is 0 Å². The summed E-state index contributed by atoms with van der Waals surface area (Å²) in [5.74, 6) is 0.569. The SMILES string of the molecule is O=C(NCc1ccc(Cn2ccnc2)cc1)c1ccc(-n2ccnc2)nc1. The number of carbonyl (C=O) groups is 1. The zero-order valence-electron chi connectivity index (χ0n) is 14.6. The van der Waals surface area contributed by atoms with E-state index < -0.39 is 0 Å². The number of nitrogens with zero attached hydrogens (tertiary/aromatic N) is 5. The van der Waals surface area contributed by atoms with Gasteiger partial charge in [0.05, 0.1) is 11.9 Å². The molecule has 7 heteroatoms. The smallest absolute Gasteiger partial charge is 0.253 e. The molecular formula is C20H18N6O. The first-order chi connectivity index (χ1) is 13.3. The van der Waals surface area contributed by atoms with Crippen LogP contribution >= 0.6 is 0 Å². The molecule has 3 heterocycles. The quantitative estimate of drug-likeness (QED) is 0.574. The maximum absolute atomic E-state index is 12.3. The number of hydrogen-bond acceptors (Lipinski definition) is 4. The van der Waals surface area contributed by atoms with Crippen molar-refractivity contribution in [1.29, 1.82) is 0 Å². The zero-order chi connectivity index (χ0) is 18.5. The third-order valence-corrected chi connectivity index (χ3v) is 4.18. The van der Waals surface area contributed by atoms with Gasteiger partial charge >= 0.3 is 0 Å². The van der Waals surface area contributed by atoms with Gasteiger partial charge in [0.25, 0.3) is 5.91 Å². The predicted octanol–water partition coefficient (Wildman–Crippen LogP) is 2.44. The summed E-state index contributed by atoms with van der Waals surface area (Å²) < 4.78 is 3.80. The molecule has 0 aliphatic rings. The normalized spacial score (nSPS) is 10.7. The number of pyridine rings is 1. The van der Waals surface area contributed by atoms with Crippen molar-refractivity contribution in [2.24, 2.45) is 0 Å². The molecule has 4 rings (SSSR count). The Hall–Kier alpha value is -3.74. The summed E-state index contributed by atoms with van der Waals surface area (Å²) in [4.78, 5) is 24.6. The monoisotopic (exact) mass is 358 g/mol. The van der Waals surface area contributed by atoms with Crippen LogP contribution in [0.5, 0.6) is 0 Å². The van der Waals surface area contributed by atoms with E-state index >= 15 is 0 Å². The molecule has 1 N–H and O–H groups in total. The van der Waals surface area contributed by atoms with Crippen LogP contribution in [0.4, 0.5) is 0 Å². The molecule has 0 spiro atoms. The molecule has 0 saturated heterocycles. The standard InChI is InChI=1S/C20H18N6O/c27-20(18-5-6-19(23-12-18)26-10-8-22-15-26)24-11-16-1-3-17(4-2-16)13-25-9-7-21-14-25/h1-10,12,14-15H,11,13H2,(H,24,27). The maximum Gasteiger partial charge on any atom is 0.253 e. The average molecular weight is 358 g/mol. The van der Waals surface area contributed by atoms with Crippen molar-refractivity contribution in [3.05, 3.63) is 96.7 Å². The van der Waals surface area contributed by atoms with E-state index in [9.17, 15) is 4.79 Å². The van der Waals surface area contributed by atoms with Gasteiger partial charge in [0, 0.05) is 44.1 Å². The maximum atomic E-state index is 12.3. The summed E-state index contributed by atoms with van der Waals surface area (Å²) in [7, 11) is 0. The Labute approximate surface area is 156 Å². The number of aromatic nitrogens is 5. The molecule has 27 heavy (non-hydrogen) atoms. The van der Waals surface area contributed by atoms with E-state index in [2.05, 4.69) is 32.4 Å². The predicted molar refractivity (Wildman–Crippen MR) is 100 cm³/mol. The van der Waals surface area contributed by atoms with Gasteiger partial charge in [0.15, 0.2) is 0 Å². The third kappa shape index (κ3) is 4.09. The lowest BCUT2D eigenvalue weighted by atomic mass is 10.1. The molecule has 0 aliphatic carbocycles. The highest BCUT2D eigenvalue weighted by atomic mass is 16.1. The second kappa shape index (κ2) is 7.65. The van der Waals surface area contributed by atoms with Crippen molar-refractivity contribution >= 4 is 5.91 Å². The first kappa shape index (κ1) is 16.7. The molecule has 0 fully saturated rings. The Balaban J connectivity index is 1.33. The largest absolute Gasteiger partial charge is 0.348 e. The summed E-state index contributed by atoms with van der Waals surface area (Å²) in [6.07, 6.45) is 12.2. The summed E-state index contributed by atoms with van der Waals surface area (Å²) >= 11 is 0. The van der Waals surface area contributed by atoms with Crippen molar-refractivity contribution in [3.8, 4) is 5.82 Å². The molecule has 3 aromatic heterocycles. The minimum atomic E-state index is -0.151. The van der Waals surface area contributed by atoms with Crippen molar-refractivity contribution in [2.45, 2.75) is 13.1 Å². The number of imidazole rings is 2. The summed E-state index contributed by atoms with van der Waals surface area (Å²) in [6.45, 7) is 1.25. The van der Waals surface area contributed by atoms with Gasteiger partial charge in [-0.1, -0.05) is 24.3 Å². The molecule has 0 bridgehead atoms. The Kier molecular flexibility index (Phi) is 4.74. The first-order valence-corrected chi connectivity index (χ1v) is 8.54. The minimum absolute atomic E-state index is 0.151. The van der Waals surface area contributed by atoms with Crippen LogP contribution in [0, 0.1) is 0 Å². The molecule has 4 aromatic rings. The minimum Gasteiger partial charge on any atom is -0.348 e. The van der Waals surface area contributed by atoms with E-state index in [-0.39, 0.29) is 5.91 Å². The van der Waals surface area contributed by atoms with E-state index in [1.807, 2.05) is 22.9 Å². The number of hydrogen-bond donors (Lipinski definition) is 1. The number of carbonyl (C=O) groups excluding carboxylic acids is 1. The number of nitrogens with one attached hydrogen (secondary N) is 1. The highest BCUT2D eigenvalue weighted by Crippen LogP contribution is 2.08. The van der Waals surface area contributed by atoms with Gasteiger partial charge in [-0.05, 0) is 23.3 Å². The van der Waals surface area contributed by atoms with Crippen LogP contribution in [-0.4, -0.2) is 30.0 Å². The molecule has 0 saturated carbocycles. The Bertz CT molecular complexity index is 990. The number of amides is 1. The van der Waals surface area contributed by atoms with E-state index in [1.165, 1.54) is 5.56 Å². The Morgan fingerprint density at radius 1 is 0.926 bits per heavy atom. The van der Waals surface area contributed by atoms with Crippen LogP contribution in [0.2, 0.25) is 0 Å². The topological polar surface area (TPSA) is 77.6 Å². The summed E-state index contributed by atoms with van der Waals surface area (Å²) in [5, 5.41) is 2.92. The van der Waals surface area contributed by atoms with Crippen molar-refractivity contribution < 1.29 is 4.79 Å². The molecule has 0 radical (unpaired) electrons. The van der Waals surface area contributed by atoms with Gasteiger partial charge in [-0.25, -0.2) is 15.0 Å². The second-order valence-corrected chi connectivity index (χ2v) is 6.11. The zero-order valence-corrected chi connectivity index (χ0v) is 14.6. The van der Waals surface area contributed by atoms with E-state index in [0.29, 0.717) is 12.1 Å². The fraction of sp³-hybridized carbons (Fsp3) is 0.100. The second-order valence-electron chi connectivity index (χ2n) is 6.11. The molecule has 134 valence electrons. The van der Waals surface area contributed by atoms with Crippen LogP contribution in [0.1, 0.15) is 21.5 Å². The molecule has 1 amide bonds. The van der Waals surface area contributed by atoms with Gasteiger partial charge in [0.2, 0.25) is 0 Å².